The van der Waals surface area contributed by atoms with Crippen LogP contribution in [0.15, 0.2) is 54.7 Å². The van der Waals surface area contributed by atoms with Crippen LogP contribution in [0.1, 0.15) is 5.82 Å². The molecule has 0 saturated heterocycles. The van der Waals surface area contributed by atoms with E-state index >= 15 is 0 Å². The van der Waals surface area contributed by atoms with Gasteiger partial charge in [-0.1, -0.05) is 36.0 Å². The predicted molar refractivity (Wildman–Crippen MR) is 94.9 cm³/mol. The molecular weight excluding hydrogens is 343 g/mol. The molecule has 1 aromatic heterocycles. The number of amides is 1. The van der Waals surface area contributed by atoms with Gasteiger partial charge in [-0.25, -0.2) is 4.39 Å². The fourth-order valence-corrected chi connectivity index (χ4v) is 2.71. The number of carbonyl (C=O) groups is 1. The maximum absolute atomic E-state index is 13.6. The lowest BCUT2D eigenvalue weighted by atomic mass is 10.3. The summed E-state index contributed by atoms with van der Waals surface area (Å²) in [4.78, 5) is 11.7. The molecule has 1 aromatic carbocycles. The van der Waals surface area contributed by atoms with Gasteiger partial charge in [0.15, 0.2) is 22.5 Å². The molecule has 0 aliphatic heterocycles. The van der Waals surface area contributed by atoms with Gasteiger partial charge in [0.05, 0.1) is 5.75 Å². The molecule has 0 aliphatic carbocycles. The lowest BCUT2D eigenvalue weighted by Crippen LogP contribution is -2.25. The Balaban J connectivity index is 2.02. The number of nitrogens with zero attached hydrogens (tertiary/aromatic N) is 3. The van der Waals surface area contributed by atoms with E-state index in [1.165, 1.54) is 17.8 Å². The summed E-state index contributed by atoms with van der Waals surface area (Å²) in [5.41, 5.74) is 0. The average molecular weight is 362 g/mol. The quantitative estimate of drug-likeness (QED) is 0.520. The van der Waals surface area contributed by atoms with E-state index < -0.39 is 5.82 Å². The zero-order valence-corrected chi connectivity index (χ0v) is 14.5. The van der Waals surface area contributed by atoms with Crippen molar-refractivity contribution in [2.45, 2.75) is 18.3 Å². The van der Waals surface area contributed by atoms with Crippen molar-refractivity contribution in [2.24, 2.45) is 0 Å². The minimum atomic E-state index is -0.439. The third kappa shape index (κ3) is 5.46. The lowest BCUT2D eigenvalue weighted by Gasteiger charge is -2.09. The number of para-hydroxylation sites is 1. The number of ether oxygens (including phenoxy) is 1. The van der Waals surface area contributed by atoms with Gasteiger partial charge in [-0.2, -0.15) is 0 Å². The molecule has 1 amide bonds. The second kappa shape index (κ2) is 9.63. The standard InChI is InChI=1S/C17H19FN4O2S/c1-3-9-19-16(23)12-25-17-21-20-15(22(17)10-4-2)11-24-14-8-6-5-7-13(14)18/h3-8H,1-2,9-12H2,(H,19,23). The Morgan fingerprint density at radius 3 is 2.84 bits per heavy atom. The molecule has 0 saturated carbocycles. The number of hydrogen-bond acceptors (Lipinski definition) is 5. The first-order chi connectivity index (χ1) is 12.2. The number of carbonyl (C=O) groups excluding carboxylic acids is 1. The van der Waals surface area contributed by atoms with Gasteiger partial charge < -0.3 is 10.1 Å². The van der Waals surface area contributed by atoms with E-state index in [0.29, 0.717) is 24.1 Å². The highest BCUT2D eigenvalue weighted by Gasteiger charge is 2.14. The number of halogens is 1. The minimum Gasteiger partial charge on any atom is -0.483 e. The third-order valence-electron chi connectivity index (χ3n) is 3.07. The maximum atomic E-state index is 13.6. The van der Waals surface area contributed by atoms with E-state index in [4.69, 9.17) is 4.74 Å². The van der Waals surface area contributed by atoms with Crippen molar-refractivity contribution < 1.29 is 13.9 Å². The van der Waals surface area contributed by atoms with Crippen LogP contribution < -0.4 is 10.1 Å². The summed E-state index contributed by atoms with van der Waals surface area (Å²) in [7, 11) is 0. The van der Waals surface area contributed by atoms with Crippen LogP contribution in [-0.2, 0) is 17.9 Å². The highest BCUT2D eigenvalue weighted by molar-refractivity contribution is 7.99. The number of hydrogen-bond donors (Lipinski definition) is 1. The third-order valence-corrected chi connectivity index (χ3v) is 4.04. The average Bonchev–Trinajstić information content (AvgIpc) is 2.99. The summed E-state index contributed by atoms with van der Waals surface area (Å²) >= 11 is 1.26. The van der Waals surface area contributed by atoms with Gasteiger partial charge in [0.1, 0.15) is 6.61 Å². The van der Waals surface area contributed by atoms with E-state index in [1.54, 1.807) is 34.9 Å². The highest BCUT2D eigenvalue weighted by Crippen LogP contribution is 2.20. The number of allylic oxidation sites excluding steroid dienone is 1. The number of nitrogens with one attached hydrogen (secondary N) is 1. The van der Waals surface area contributed by atoms with Crippen molar-refractivity contribution in [3.8, 4) is 5.75 Å². The van der Waals surface area contributed by atoms with Gasteiger partial charge in [-0.05, 0) is 12.1 Å². The molecule has 132 valence electrons. The summed E-state index contributed by atoms with van der Waals surface area (Å²) < 4.78 is 20.9. The van der Waals surface area contributed by atoms with E-state index in [2.05, 4.69) is 28.7 Å². The van der Waals surface area contributed by atoms with E-state index in [1.807, 2.05) is 0 Å². The fourth-order valence-electron chi connectivity index (χ4n) is 1.92. The number of benzene rings is 1. The van der Waals surface area contributed by atoms with Crippen LogP contribution in [0.5, 0.6) is 5.75 Å². The van der Waals surface area contributed by atoms with Crippen LogP contribution in [0.4, 0.5) is 4.39 Å². The molecular formula is C17H19FN4O2S. The molecule has 0 fully saturated rings. The first-order valence-corrected chi connectivity index (χ1v) is 8.55. The fraction of sp³-hybridized carbons (Fsp3) is 0.235. The van der Waals surface area contributed by atoms with E-state index in [-0.39, 0.29) is 24.0 Å². The van der Waals surface area contributed by atoms with Crippen molar-refractivity contribution in [1.29, 1.82) is 0 Å². The molecule has 25 heavy (non-hydrogen) atoms. The minimum absolute atomic E-state index is 0.0605. The SMILES string of the molecule is C=CCNC(=O)CSc1nnc(COc2ccccc2F)n1CC=C. The van der Waals surface area contributed by atoms with Crippen molar-refractivity contribution >= 4 is 17.7 Å². The molecule has 0 spiro atoms. The van der Waals surface area contributed by atoms with Gasteiger partial charge in [-0.3, -0.25) is 9.36 Å². The van der Waals surface area contributed by atoms with E-state index in [0.717, 1.165) is 0 Å². The molecule has 0 aliphatic rings. The molecule has 0 radical (unpaired) electrons. The Morgan fingerprint density at radius 2 is 2.12 bits per heavy atom. The Labute approximate surface area is 149 Å². The first-order valence-electron chi connectivity index (χ1n) is 7.56. The smallest absolute Gasteiger partial charge is 0.230 e. The molecule has 0 bridgehead atoms. The molecule has 0 unspecified atom stereocenters. The highest BCUT2D eigenvalue weighted by atomic mass is 32.2. The second-order valence-corrected chi connectivity index (χ2v) is 5.84. The molecule has 8 heteroatoms. The summed E-state index contributed by atoms with van der Waals surface area (Å²) in [5.74, 6) is 0.316. The zero-order chi connectivity index (χ0) is 18.1. The van der Waals surface area contributed by atoms with Crippen molar-refractivity contribution in [2.75, 3.05) is 12.3 Å². The van der Waals surface area contributed by atoms with Crippen molar-refractivity contribution in [1.82, 2.24) is 20.1 Å². The normalized spacial score (nSPS) is 10.3. The molecule has 6 nitrogen and oxygen atoms in total. The monoisotopic (exact) mass is 362 g/mol. The predicted octanol–water partition coefficient (Wildman–Crippen LogP) is 2.58. The summed E-state index contributed by atoms with van der Waals surface area (Å²) in [6.45, 7) is 8.19. The topological polar surface area (TPSA) is 69.0 Å². The summed E-state index contributed by atoms with van der Waals surface area (Å²) in [6, 6.07) is 6.15. The Morgan fingerprint density at radius 1 is 1.32 bits per heavy atom. The van der Waals surface area contributed by atoms with Crippen molar-refractivity contribution in [3.63, 3.8) is 0 Å². The molecule has 0 atom stereocenters. The van der Waals surface area contributed by atoms with Gasteiger partial charge in [0, 0.05) is 13.1 Å². The molecule has 1 heterocycles. The zero-order valence-electron chi connectivity index (χ0n) is 13.7. The van der Waals surface area contributed by atoms with Crippen LogP contribution in [0, 0.1) is 5.82 Å². The largest absolute Gasteiger partial charge is 0.483 e. The number of thioether (sulfide) groups is 1. The van der Waals surface area contributed by atoms with Gasteiger partial charge in [0.25, 0.3) is 0 Å². The Kier molecular flexibility index (Phi) is 7.21. The first kappa shape index (κ1) is 18.7. The molecule has 1 N–H and O–H groups in total. The van der Waals surface area contributed by atoms with Crippen LogP contribution >= 0.6 is 11.8 Å². The summed E-state index contributed by atoms with van der Waals surface area (Å²) in [5, 5.41) is 11.4. The van der Waals surface area contributed by atoms with Crippen LogP contribution in [0.2, 0.25) is 0 Å². The summed E-state index contributed by atoms with van der Waals surface area (Å²) in [6.07, 6.45) is 3.30. The van der Waals surface area contributed by atoms with Gasteiger partial charge in [-0.15, -0.1) is 23.4 Å². The van der Waals surface area contributed by atoms with Crippen LogP contribution in [0.25, 0.3) is 0 Å². The second-order valence-electron chi connectivity index (χ2n) is 4.90. The maximum Gasteiger partial charge on any atom is 0.230 e. The Bertz CT molecular complexity index is 748. The molecule has 2 aromatic rings. The number of aromatic nitrogens is 3. The van der Waals surface area contributed by atoms with Crippen LogP contribution in [-0.4, -0.2) is 33.0 Å². The van der Waals surface area contributed by atoms with Gasteiger partial charge in [0.2, 0.25) is 5.91 Å². The van der Waals surface area contributed by atoms with E-state index in [9.17, 15) is 9.18 Å². The Hall–Kier alpha value is -2.61. The number of rotatable bonds is 10. The molecule has 2 rings (SSSR count). The van der Waals surface area contributed by atoms with Gasteiger partial charge >= 0.3 is 0 Å². The van der Waals surface area contributed by atoms with Crippen molar-refractivity contribution in [3.05, 3.63) is 61.2 Å². The van der Waals surface area contributed by atoms with Crippen LogP contribution in [0.3, 0.4) is 0 Å². The lowest BCUT2D eigenvalue weighted by molar-refractivity contribution is -0.118.